The van der Waals surface area contributed by atoms with Crippen LogP contribution in [-0.2, 0) is 25.5 Å². The predicted molar refractivity (Wildman–Crippen MR) is 96.1 cm³/mol. The van der Waals surface area contributed by atoms with Crippen LogP contribution in [0.5, 0.6) is 0 Å². The highest BCUT2D eigenvalue weighted by Gasteiger charge is 2.38. The van der Waals surface area contributed by atoms with Gasteiger partial charge in [-0.25, -0.2) is 4.79 Å². The lowest BCUT2D eigenvalue weighted by Gasteiger charge is -2.16. The van der Waals surface area contributed by atoms with E-state index in [2.05, 4.69) is 0 Å². The molecule has 6 heteroatoms. The summed E-state index contributed by atoms with van der Waals surface area (Å²) in [6, 6.07) is 9.53. The summed E-state index contributed by atoms with van der Waals surface area (Å²) in [7, 11) is -2.17. The molecule has 1 heterocycles. The molecule has 1 aromatic carbocycles. The predicted octanol–water partition coefficient (Wildman–Crippen LogP) is 3.44. The van der Waals surface area contributed by atoms with E-state index in [9.17, 15) is 14.1 Å². The van der Waals surface area contributed by atoms with Gasteiger partial charge in [0.25, 0.3) is 0 Å². The molecule has 1 amide bonds. The maximum atomic E-state index is 12.3. The summed E-state index contributed by atoms with van der Waals surface area (Å²) in [5.41, 5.74) is 0.938. The molecule has 2 atom stereocenters. The van der Waals surface area contributed by atoms with Gasteiger partial charge in [-0.05, 0) is 11.5 Å². The molecule has 24 heavy (non-hydrogen) atoms. The molecule has 1 aliphatic heterocycles. The molecule has 5 nitrogen and oxygen atoms in total. The minimum atomic E-state index is -2.17. The van der Waals surface area contributed by atoms with Crippen LogP contribution in [0.15, 0.2) is 41.5 Å². The van der Waals surface area contributed by atoms with Crippen molar-refractivity contribution in [3.05, 3.63) is 47.1 Å². The molecule has 1 aliphatic rings. The van der Waals surface area contributed by atoms with E-state index in [1.807, 2.05) is 37.3 Å². The highest BCUT2D eigenvalue weighted by atomic mass is 32.2. The summed E-state index contributed by atoms with van der Waals surface area (Å²) in [4.78, 5) is 13.9. The summed E-state index contributed by atoms with van der Waals surface area (Å²) in [6.07, 6.45) is 3.64. The van der Waals surface area contributed by atoms with E-state index in [-0.39, 0.29) is 30.3 Å². The van der Waals surface area contributed by atoms with Crippen molar-refractivity contribution in [2.75, 3.05) is 25.6 Å². The molecular formula is C18H26NO4S+. The first-order valence-corrected chi connectivity index (χ1v) is 10.5. The minimum absolute atomic E-state index is 0.121. The third-order valence-corrected chi connectivity index (χ3v) is 5.02. The van der Waals surface area contributed by atoms with Crippen molar-refractivity contribution in [1.29, 1.82) is 0 Å². The highest BCUT2D eigenvalue weighted by molar-refractivity contribution is 8.04. The minimum Gasteiger partial charge on any atom is -0.507 e. The Labute approximate surface area is 144 Å². The van der Waals surface area contributed by atoms with Crippen LogP contribution in [0.1, 0.15) is 18.9 Å². The Hall–Kier alpha value is -1.82. The van der Waals surface area contributed by atoms with E-state index in [1.165, 1.54) is 5.41 Å². The Morgan fingerprint density at radius 2 is 2.00 bits per heavy atom. The Morgan fingerprint density at radius 3 is 2.58 bits per heavy atom. The molecule has 0 unspecified atom stereocenters. The van der Waals surface area contributed by atoms with Crippen molar-refractivity contribution in [2.45, 2.75) is 20.0 Å². The molecule has 0 bridgehead atoms. The number of benzene rings is 1. The van der Waals surface area contributed by atoms with E-state index >= 15 is 0 Å². The molecule has 1 aromatic rings. The molecule has 0 aliphatic carbocycles. The van der Waals surface area contributed by atoms with E-state index in [0.717, 1.165) is 12.0 Å². The molecular weight excluding hydrogens is 326 g/mol. The lowest BCUT2D eigenvalue weighted by molar-refractivity contribution is 0.102. The van der Waals surface area contributed by atoms with E-state index < -0.39 is 9.93 Å². The molecule has 1 fully saturated rings. The average molecular weight is 352 g/mol. The van der Waals surface area contributed by atoms with Gasteiger partial charge < -0.3 is 14.7 Å². The van der Waals surface area contributed by atoms with Crippen molar-refractivity contribution in [3.8, 4) is 0 Å². The Bertz CT molecular complexity index is 638. The maximum Gasteiger partial charge on any atom is 0.410 e. The number of carbonyl (C=O) groups is 1. The molecule has 0 aromatic heterocycles. The summed E-state index contributed by atoms with van der Waals surface area (Å²) in [5, 5.41) is 11.7. The number of hydrogen-bond acceptors (Lipinski definition) is 4. The summed E-state index contributed by atoms with van der Waals surface area (Å²) < 4.78 is 17.2. The molecule has 2 rings (SSSR count). The van der Waals surface area contributed by atoms with Crippen LogP contribution in [-0.4, -0.2) is 41.7 Å². The van der Waals surface area contributed by atoms with Crippen molar-refractivity contribution in [2.24, 2.45) is 11.8 Å². The number of aliphatic hydroxyl groups excluding tert-OH is 1. The van der Waals surface area contributed by atoms with Crippen LogP contribution in [0.3, 0.4) is 0 Å². The second-order valence-corrected chi connectivity index (χ2v) is 9.43. The second-order valence-electron chi connectivity index (χ2n) is 6.57. The third kappa shape index (κ3) is 5.09. The van der Waals surface area contributed by atoms with E-state index in [4.69, 9.17) is 4.74 Å². The second kappa shape index (κ2) is 7.83. The maximum absolute atomic E-state index is 12.3. The first-order valence-electron chi connectivity index (χ1n) is 8.10. The molecule has 132 valence electrons. The van der Waals surface area contributed by atoms with Crippen LogP contribution >= 0.6 is 0 Å². The molecule has 0 saturated carbocycles. The zero-order valence-corrected chi connectivity index (χ0v) is 15.3. The van der Waals surface area contributed by atoms with Gasteiger partial charge in [-0.15, -0.1) is 4.21 Å². The number of hydrogen-bond donors (Lipinski definition) is 1. The first-order chi connectivity index (χ1) is 11.3. The molecule has 1 N–H and O–H groups in total. The van der Waals surface area contributed by atoms with Crippen LogP contribution in [0, 0.1) is 11.8 Å². The lowest BCUT2D eigenvalue weighted by atomic mass is 9.92. The van der Waals surface area contributed by atoms with Gasteiger partial charge >= 0.3 is 6.09 Å². The monoisotopic (exact) mass is 352 g/mol. The topological polar surface area (TPSA) is 66.8 Å². The van der Waals surface area contributed by atoms with Gasteiger partial charge in [0.2, 0.25) is 0 Å². The Kier molecular flexibility index (Phi) is 6.04. The van der Waals surface area contributed by atoms with E-state index in [0.29, 0.717) is 13.1 Å². The van der Waals surface area contributed by atoms with Crippen LogP contribution < -0.4 is 0 Å². The third-order valence-electron chi connectivity index (χ3n) is 4.21. The van der Waals surface area contributed by atoms with Crippen LogP contribution in [0.2, 0.25) is 0 Å². The van der Waals surface area contributed by atoms with Gasteiger partial charge in [0.15, 0.2) is 5.41 Å². The van der Waals surface area contributed by atoms with Gasteiger partial charge in [0, 0.05) is 19.0 Å². The quantitative estimate of drug-likeness (QED) is 0.651. The van der Waals surface area contributed by atoms with Crippen LogP contribution in [0.4, 0.5) is 4.79 Å². The molecule has 1 saturated heterocycles. The molecule has 0 radical (unpaired) electrons. The van der Waals surface area contributed by atoms with Gasteiger partial charge in [-0.1, -0.05) is 43.7 Å². The first kappa shape index (κ1) is 18.5. The standard InChI is InChI=1S/C18H25NO4S/c1-4-15-10-19(11-16(15)17(20)13-24(2,3)22)18(21)23-12-14-8-6-5-7-9-14/h5-9,13,15-16H,4,10-12H2,1-3H3/p+1/t15-,16+/m1/s1. The van der Waals surface area contributed by atoms with Crippen molar-refractivity contribution >= 4 is 16.0 Å². The normalized spacial score (nSPS) is 21.8. The number of rotatable bonds is 5. The summed E-state index contributed by atoms with van der Waals surface area (Å²) in [5.74, 6) is 0.0856. The Morgan fingerprint density at radius 1 is 1.33 bits per heavy atom. The SMILES string of the molecule is CC[C@@H]1CN(C(=O)OCc2ccccc2)C[C@@H]1/C(O)=C/[S+](C)(C)=O. The Balaban J connectivity index is 1.99. The summed E-state index contributed by atoms with van der Waals surface area (Å²) >= 11 is 0. The van der Waals surface area contributed by atoms with Gasteiger partial charge in [-0.3, -0.25) is 0 Å². The lowest BCUT2D eigenvalue weighted by Crippen LogP contribution is -2.29. The number of likely N-dealkylation sites (tertiary alicyclic amines) is 1. The zero-order chi connectivity index (χ0) is 17.7. The zero-order valence-electron chi connectivity index (χ0n) is 14.5. The fourth-order valence-corrected chi connectivity index (χ4v) is 3.71. The van der Waals surface area contributed by atoms with Gasteiger partial charge in [0.05, 0.1) is 0 Å². The number of nitrogens with zero attached hydrogens (tertiary/aromatic N) is 1. The summed E-state index contributed by atoms with van der Waals surface area (Å²) in [6.45, 7) is 3.20. The number of amides is 1. The van der Waals surface area contributed by atoms with Crippen molar-refractivity contribution in [1.82, 2.24) is 4.90 Å². The molecule has 0 spiro atoms. The van der Waals surface area contributed by atoms with E-state index in [1.54, 1.807) is 17.4 Å². The highest BCUT2D eigenvalue weighted by Crippen LogP contribution is 2.31. The smallest absolute Gasteiger partial charge is 0.410 e. The number of ether oxygens (including phenoxy) is 1. The fraction of sp³-hybridized carbons (Fsp3) is 0.500. The average Bonchev–Trinajstić information content (AvgIpc) is 2.96. The number of aliphatic hydroxyl groups is 1. The number of carbonyl (C=O) groups excluding carboxylic acids is 1. The van der Waals surface area contributed by atoms with Crippen molar-refractivity contribution in [3.63, 3.8) is 0 Å². The largest absolute Gasteiger partial charge is 0.507 e. The van der Waals surface area contributed by atoms with Crippen molar-refractivity contribution < 1.29 is 18.8 Å². The van der Waals surface area contributed by atoms with Crippen LogP contribution in [0.25, 0.3) is 0 Å². The van der Waals surface area contributed by atoms with Gasteiger partial charge in [-0.2, -0.15) is 0 Å². The van der Waals surface area contributed by atoms with Gasteiger partial charge in [0.1, 0.15) is 34.8 Å². The fourth-order valence-electron chi connectivity index (χ4n) is 2.96.